The SMILES string of the molecule is NCC1(CC(=O)OCc2cccc(CON(O)O)n2)CCCCC1. The Morgan fingerprint density at radius 2 is 1.88 bits per heavy atom. The maximum Gasteiger partial charge on any atom is 0.306 e. The van der Waals surface area contributed by atoms with E-state index in [0.717, 1.165) is 25.7 Å². The molecule has 0 bridgehead atoms. The largest absolute Gasteiger partial charge is 0.459 e. The Morgan fingerprint density at radius 3 is 2.50 bits per heavy atom. The molecule has 1 aromatic heterocycles. The maximum atomic E-state index is 12.1. The molecule has 1 heterocycles. The number of hydrogen-bond donors (Lipinski definition) is 3. The predicted molar refractivity (Wildman–Crippen MR) is 83.4 cm³/mol. The van der Waals surface area contributed by atoms with Gasteiger partial charge in [-0.25, -0.2) is 4.84 Å². The lowest BCUT2D eigenvalue weighted by molar-refractivity contribution is -0.497. The molecule has 1 saturated carbocycles. The van der Waals surface area contributed by atoms with Crippen LogP contribution >= 0.6 is 0 Å². The van der Waals surface area contributed by atoms with Crippen LogP contribution in [0.1, 0.15) is 49.9 Å². The Balaban J connectivity index is 1.83. The standard InChI is InChI=1S/C16H25N3O5/c17-12-16(7-2-1-3-8-16)9-15(20)23-10-13-5-4-6-14(18-13)11-24-19(21)22/h4-6,21-22H,1-3,7-12,17H2. The van der Waals surface area contributed by atoms with Crippen molar-refractivity contribution in [1.82, 2.24) is 10.4 Å². The van der Waals surface area contributed by atoms with Crippen molar-refractivity contribution in [2.24, 2.45) is 11.1 Å². The molecule has 0 aromatic carbocycles. The highest BCUT2D eigenvalue weighted by molar-refractivity contribution is 5.70. The molecule has 8 heteroatoms. The summed E-state index contributed by atoms with van der Waals surface area (Å²) in [6.07, 6.45) is 5.72. The van der Waals surface area contributed by atoms with E-state index in [9.17, 15) is 4.79 Å². The first kappa shape index (κ1) is 18.8. The number of ether oxygens (including phenoxy) is 1. The first-order valence-electron chi connectivity index (χ1n) is 8.14. The third-order valence-corrected chi connectivity index (χ3v) is 4.44. The number of hydrogen-bond acceptors (Lipinski definition) is 8. The summed E-state index contributed by atoms with van der Waals surface area (Å²) in [7, 11) is 0. The van der Waals surface area contributed by atoms with Crippen LogP contribution in [-0.2, 0) is 27.6 Å². The van der Waals surface area contributed by atoms with Crippen molar-refractivity contribution in [3.05, 3.63) is 29.6 Å². The van der Waals surface area contributed by atoms with Crippen LogP contribution < -0.4 is 5.73 Å². The van der Waals surface area contributed by atoms with Gasteiger partial charge in [0.15, 0.2) is 0 Å². The van der Waals surface area contributed by atoms with Crippen LogP contribution in [0.4, 0.5) is 0 Å². The number of carbonyl (C=O) groups is 1. The molecule has 8 nitrogen and oxygen atoms in total. The van der Waals surface area contributed by atoms with Gasteiger partial charge in [-0.05, 0) is 36.9 Å². The molecule has 1 aliphatic carbocycles. The van der Waals surface area contributed by atoms with Crippen molar-refractivity contribution in [3.63, 3.8) is 0 Å². The monoisotopic (exact) mass is 339 g/mol. The van der Waals surface area contributed by atoms with E-state index < -0.39 is 0 Å². The molecule has 0 radical (unpaired) electrons. The molecule has 4 N–H and O–H groups in total. The van der Waals surface area contributed by atoms with Crippen LogP contribution in [0.3, 0.4) is 0 Å². The van der Waals surface area contributed by atoms with Crippen LogP contribution in [0, 0.1) is 5.41 Å². The minimum Gasteiger partial charge on any atom is -0.459 e. The molecule has 1 aromatic rings. The Hall–Kier alpha value is -1.58. The van der Waals surface area contributed by atoms with Crippen molar-refractivity contribution in [2.45, 2.75) is 51.7 Å². The van der Waals surface area contributed by atoms with Crippen LogP contribution in [0.15, 0.2) is 18.2 Å². The van der Waals surface area contributed by atoms with E-state index in [1.165, 1.54) is 6.42 Å². The summed E-state index contributed by atoms with van der Waals surface area (Å²) >= 11 is 0. The summed E-state index contributed by atoms with van der Waals surface area (Å²) in [4.78, 5) is 20.9. The van der Waals surface area contributed by atoms with E-state index in [4.69, 9.17) is 20.9 Å². The van der Waals surface area contributed by atoms with Gasteiger partial charge in [0.05, 0.1) is 23.2 Å². The molecule has 0 amide bonds. The highest BCUT2D eigenvalue weighted by Gasteiger charge is 2.33. The zero-order valence-corrected chi connectivity index (χ0v) is 13.7. The van der Waals surface area contributed by atoms with E-state index in [2.05, 4.69) is 9.82 Å². The molecular weight excluding hydrogens is 314 g/mol. The van der Waals surface area contributed by atoms with Crippen LogP contribution in [0.25, 0.3) is 0 Å². The Kier molecular flexibility index (Phi) is 7.07. The molecule has 1 aliphatic rings. The fourth-order valence-electron chi connectivity index (χ4n) is 3.08. The minimum atomic E-state index is -0.370. The topological polar surface area (TPSA) is 118 Å². The second-order valence-electron chi connectivity index (χ2n) is 6.25. The normalized spacial score (nSPS) is 17.0. The highest BCUT2D eigenvalue weighted by atomic mass is 17.1. The summed E-state index contributed by atoms with van der Waals surface area (Å²) in [5.74, 6) is -0.261. The highest BCUT2D eigenvalue weighted by Crippen LogP contribution is 2.38. The van der Waals surface area contributed by atoms with E-state index in [1.807, 2.05) is 0 Å². The van der Waals surface area contributed by atoms with Crippen molar-refractivity contribution in [2.75, 3.05) is 6.54 Å². The fraction of sp³-hybridized carbons (Fsp3) is 0.625. The molecule has 0 saturated heterocycles. The van der Waals surface area contributed by atoms with Gasteiger partial charge in [-0.2, -0.15) is 0 Å². The van der Waals surface area contributed by atoms with Gasteiger partial charge in [0, 0.05) is 0 Å². The predicted octanol–water partition coefficient (Wildman–Crippen LogP) is 1.94. The van der Waals surface area contributed by atoms with Gasteiger partial charge in [-0.1, -0.05) is 25.3 Å². The number of carbonyl (C=O) groups excluding carboxylic acids is 1. The molecule has 24 heavy (non-hydrogen) atoms. The van der Waals surface area contributed by atoms with Crippen molar-refractivity contribution in [1.29, 1.82) is 0 Å². The Labute approximate surface area is 141 Å². The zero-order chi connectivity index (χ0) is 17.4. The fourth-order valence-corrected chi connectivity index (χ4v) is 3.08. The van der Waals surface area contributed by atoms with Gasteiger partial charge in [-0.3, -0.25) is 20.2 Å². The van der Waals surface area contributed by atoms with Gasteiger partial charge in [0.2, 0.25) is 0 Å². The average Bonchev–Trinajstić information content (AvgIpc) is 2.59. The van der Waals surface area contributed by atoms with E-state index in [1.54, 1.807) is 18.2 Å². The first-order valence-corrected chi connectivity index (χ1v) is 8.14. The van der Waals surface area contributed by atoms with Crippen LogP contribution in [0.5, 0.6) is 0 Å². The molecule has 134 valence electrons. The van der Waals surface area contributed by atoms with Crippen molar-refractivity contribution in [3.8, 4) is 0 Å². The molecule has 0 spiro atoms. The third-order valence-electron chi connectivity index (χ3n) is 4.44. The summed E-state index contributed by atoms with van der Waals surface area (Å²) in [5, 5.41) is 16.7. The smallest absolute Gasteiger partial charge is 0.306 e. The number of nitrogens with two attached hydrogens (primary N) is 1. The minimum absolute atomic E-state index is 0.0648. The summed E-state index contributed by atoms with van der Waals surface area (Å²) < 4.78 is 5.33. The second kappa shape index (κ2) is 9.05. The molecule has 0 aliphatic heterocycles. The number of rotatable bonds is 8. The average molecular weight is 339 g/mol. The summed E-state index contributed by atoms with van der Waals surface area (Å²) in [6.45, 7) is 0.465. The van der Waals surface area contributed by atoms with E-state index in [0.29, 0.717) is 24.4 Å². The van der Waals surface area contributed by atoms with Gasteiger partial charge >= 0.3 is 5.97 Å². The number of pyridine rings is 1. The lowest BCUT2D eigenvalue weighted by Gasteiger charge is -2.35. The first-order chi connectivity index (χ1) is 11.5. The Morgan fingerprint density at radius 1 is 1.21 bits per heavy atom. The molecule has 0 atom stereocenters. The quantitative estimate of drug-likeness (QED) is 0.486. The second-order valence-corrected chi connectivity index (χ2v) is 6.25. The number of aromatic nitrogens is 1. The molecule has 0 unspecified atom stereocenters. The Bertz CT molecular complexity index is 532. The summed E-state index contributed by atoms with van der Waals surface area (Å²) in [6, 6.07) is 5.13. The van der Waals surface area contributed by atoms with Crippen LogP contribution in [0.2, 0.25) is 0 Å². The maximum absolute atomic E-state index is 12.1. The zero-order valence-electron chi connectivity index (χ0n) is 13.7. The third kappa shape index (κ3) is 5.81. The molecule has 1 fully saturated rings. The number of esters is 1. The van der Waals surface area contributed by atoms with Gasteiger partial charge in [0.25, 0.3) is 0 Å². The molecule has 2 rings (SSSR count). The van der Waals surface area contributed by atoms with Gasteiger partial charge in [0.1, 0.15) is 13.2 Å². The van der Waals surface area contributed by atoms with E-state index in [-0.39, 0.29) is 30.0 Å². The number of nitrogens with zero attached hydrogens (tertiary/aromatic N) is 2. The van der Waals surface area contributed by atoms with E-state index >= 15 is 0 Å². The lowest BCUT2D eigenvalue weighted by atomic mass is 9.72. The lowest BCUT2D eigenvalue weighted by Crippen LogP contribution is -2.35. The summed E-state index contributed by atoms with van der Waals surface area (Å²) in [5.41, 5.74) is 6.83. The van der Waals surface area contributed by atoms with Crippen molar-refractivity contribution < 1.29 is 24.8 Å². The van der Waals surface area contributed by atoms with Gasteiger partial charge in [-0.15, -0.1) is 0 Å². The van der Waals surface area contributed by atoms with Crippen molar-refractivity contribution >= 4 is 5.97 Å². The van der Waals surface area contributed by atoms with Crippen LogP contribution in [-0.4, -0.2) is 33.3 Å². The molecular formula is C16H25N3O5. The van der Waals surface area contributed by atoms with Gasteiger partial charge < -0.3 is 10.5 Å².